The predicted octanol–water partition coefficient (Wildman–Crippen LogP) is 6.48. The summed E-state index contributed by atoms with van der Waals surface area (Å²) in [6.07, 6.45) is -5.94. The van der Waals surface area contributed by atoms with Crippen LogP contribution in [0.3, 0.4) is 0 Å². The molecule has 0 radical (unpaired) electrons. The van der Waals surface area contributed by atoms with Gasteiger partial charge >= 0.3 is 12.3 Å². The van der Waals surface area contributed by atoms with E-state index in [0.29, 0.717) is 0 Å². The lowest BCUT2D eigenvalue weighted by atomic mass is 10.2. The Hall–Kier alpha value is -2.62. The zero-order valence-electron chi connectivity index (χ0n) is 15.7. The molecule has 0 atom stereocenters. The van der Waals surface area contributed by atoms with E-state index in [1.807, 2.05) is 0 Å². The minimum Gasteiger partial charge on any atom is -0.444 e. The molecule has 0 unspecified atom stereocenters. The number of benzene rings is 1. The Morgan fingerprint density at radius 1 is 1.17 bits per heavy atom. The molecule has 0 fully saturated rings. The summed E-state index contributed by atoms with van der Waals surface area (Å²) >= 11 is 5.64. The number of amides is 1. The number of nitrogens with zero attached hydrogens (tertiary/aromatic N) is 1. The van der Waals surface area contributed by atoms with Crippen molar-refractivity contribution in [2.24, 2.45) is 0 Å². The Morgan fingerprint density at radius 3 is 2.34 bits per heavy atom. The van der Waals surface area contributed by atoms with E-state index in [1.54, 1.807) is 20.8 Å². The Kier molecular flexibility index (Phi) is 6.27. The number of hydrogen-bond donors (Lipinski definition) is 1. The van der Waals surface area contributed by atoms with Crippen LogP contribution in [-0.4, -0.2) is 16.7 Å². The zero-order valence-corrected chi connectivity index (χ0v) is 16.4. The highest BCUT2D eigenvalue weighted by molar-refractivity contribution is 6.31. The normalized spacial score (nSPS) is 11.9. The molecule has 0 aliphatic heterocycles. The van der Waals surface area contributed by atoms with Gasteiger partial charge < -0.3 is 9.47 Å². The van der Waals surface area contributed by atoms with Crippen molar-refractivity contribution < 1.29 is 36.2 Å². The molecular weight excluding hydrogens is 423 g/mol. The van der Waals surface area contributed by atoms with E-state index in [9.17, 15) is 26.7 Å². The molecule has 2 aromatic rings. The van der Waals surface area contributed by atoms with Crippen LogP contribution in [0.25, 0.3) is 0 Å². The van der Waals surface area contributed by atoms with Gasteiger partial charge in [0.2, 0.25) is 5.88 Å². The number of carbonyl (C=O) groups is 1. The van der Waals surface area contributed by atoms with Crippen molar-refractivity contribution in [3.8, 4) is 11.6 Å². The van der Waals surface area contributed by atoms with E-state index in [2.05, 4.69) is 10.3 Å². The number of ether oxygens (including phenoxy) is 2. The number of aromatic nitrogens is 1. The van der Waals surface area contributed by atoms with Crippen LogP contribution in [0.2, 0.25) is 5.02 Å². The summed E-state index contributed by atoms with van der Waals surface area (Å²) in [4.78, 5) is 15.3. The maximum atomic E-state index is 13.8. The van der Waals surface area contributed by atoms with Crippen LogP contribution in [0, 0.1) is 18.6 Å². The lowest BCUT2D eigenvalue weighted by Gasteiger charge is -2.21. The maximum absolute atomic E-state index is 13.8. The van der Waals surface area contributed by atoms with Crippen molar-refractivity contribution in [1.29, 1.82) is 0 Å². The topological polar surface area (TPSA) is 60.5 Å². The van der Waals surface area contributed by atoms with Crippen LogP contribution < -0.4 is 10.1 Å². The number of rotatable bonds is 3. The molecule has 2 rings (SSSR count). The number of carbonyl (C=O) groups excluding carboxylic acids is 1. The fourth-order valence-corrected chi connectivity index (χ4v) is 2.36. The highest BCUT2D eigenvalue weighted by atomic mass is 35.5. The minimum absolute atomic E-state index is 0.306. The Balaban J connectivity index is 2.52. The summed E-state index contributed by atoms with van der Waals surface area (Å²) in [5.74, 6) is -3.45. The van der Waals surface area contributed by atoms with Crippen LogP contribution in [0.1, 0.15) is 32.0 Å². The van der Waals surface area contributed by atoms with Gasteiger partial charge in [-0.1, -0.05) is 11.6 Å². The van der Waals surface area contributed by atoms with E-state index in [4.69, 9.17) is 21.1 Å². The van der Waals surface area contributed by atoms with Crippen molar-refractivity contribution in [1.82, 2.24) is 4.98 Å². The number of hydrogen-bond acceptors (Lipinski definition) is 4. The molecule has 0 bridgehead atoms. The molecule has 1 aromatic carbocycles. The SMILES string of the molecule is Cc1c(Oc2nc(C(F)(F)F)c(Cl)cc2NC(=O)OC(C)(C)C)ccc(F)c1F. The molecular formula is C18H16ClF5N2O3. The number of alkyl halides is 3. The van der Waals surface area contributed by atoms with E-state index in [1.165, 1.54) is 0 Å². The molecule has 0 aliphatic carbocycles. The second-order valence-corrected chi connectivity index (χ2v) is 7.29. The molecule has 0 saturated heterocycles. The molecule has 0 spiro atoms. The third kappa shape index (κ3) is 5.69. The predicted molar refractivity (Wildman–Crippen MR) is 95.3 cm³/mol. The van der Waals surface area contributed by atoms with E-state index >= 15 is 0 Å². The van der Waals surface area contributed by atoms with Crippen LogP contribution in [0.4, 0.5) is 32.4 Å². The summed E-state index contributed by atoms with van der Waals surface area (Å²) in [5.41, 5.74) is -3.05. The van der Waals surface area contributed by atoms with Gasteiger partial charge in [0.1, 0.15) is 17.0 Å². The highest BCUT2D eigenvalue weighted by Crippen LogP contribution is 2.40. The first kappa shape index (κ1) is 22.7. The smallest absolute Gasteiger partial charge is 0.434 e. The second kappa shape index (κ2) is 8.02. The summed E-state index contributed by atoms with van der Waals surface area (Å²) < 4.78 is 76.8. The molecule has 158 valence electrons. The van der Waals surface area contributed by atoms with Crippen molar-refractivity contribution in [2.75, 3.05) is 5.32 Å². The zero-order chi connectivity index (χ0) is 22.1. The quantitative estimate of drug-likeness (QED) is 0.557. The van der Waals surface area contributed by atoms with E-state index < -0.39 is 46.1 Å². The van der Waals surface area contributed by atoms with Crippen molar-refractivity contribution in [3.05, 3.63) is 46.1 Å². The third-order valence-corrected chi connectivity index (χ3v) is 3.63. The lowest BCUT2D eigenvalue weighted by molar-refractivity contribution is -0.141. The second-order valence-electron chi connectivity index (χ2n) is 6.88. The van der Waals surface area contributed by atoms with Gasteiger partial charge in [-0.3, -0.25) is 5.32 Å². The molecule has 0 aliphatic rings. The summed E-state index contributed by atoms with van der Waals surface area (Å²) in [6, 6.07) is 2.51. The van der Waals surface area contributed by atoms with Gasteiger partial charge in [-0.05, 0) is 45.9 Å². The lowest BCUT2D eigenvalue weighted by Crippen LogP contribution is -2.27. The number of pyridine rings is 1. The maximum Gasteiger partial charge on any atom is 0.434 e. The van der Waals surface area contributed by atoms with Crippen molar-refractivity contribution in [2.45, 2.75) is 39.5 Å². The molecule has 1 aromatic heterocycles. The van der Waals surface area contributed by atoms with E-state index in [0.717, 1.165) is 25.1 Å². The minimum atomic E-state index is -4.93. The average Bonchev–Trinajstić information content (AvgIpc) is 2.54. The number of halogens is 6. The molecule has 29 heavy (non-hydrogen) atoms. The summed E-state index contributed by atoms with van der Waals surface area (Å²) in [7, 11) is 0. The summed E-state index contributed by atoms with van der Waals surface area (Å²) in [5, 5.41) is 1.38. The van der Waals surface area contributed by atoms with Crippen molar-refractivity contribution >= 4 is 23.4 Å². The Labute approximate surface area is 167 Å². The first-order valence-electron chi connectivity index (χ1n) is 8.09. The van der Waals surface area contributed by atoms with Gasteiger partial charge in [0.25, 0.3) is 0 Å². The molecule has 1 heterocycles. The standard InChI is InChI=1S/C18H16ClF5N2O3/c1-8-12(6-5-10(20)13(8)21)28-15-11(25-16(27)29-17(2,3)4)7-9(19)14(26-15)18(22,23)24/h5-7H,1-4H3,(H,25,27). The van der Waals surface area contributed by atoms with Gasteiger partial charge in [0.05, 0.1) is 5.02 Å². The number of nitrogens with one attached hydrogen (secondary N) is 1. The van der Waals surface area contributed by atoms with Crippen LogP contribution >= 0.6 is 11.6 Å². The van der Waals surface area contributed by atoms with Gasteiger partial charge in [0, 0.05) is 5.56 Å². The Bertz CT molecular complexity index is 943. The first-order valence-corrected chi connectivity index (χ1v) is 8.47. The third-order valence-electron chi connectivity index (χ3n) is 3.34. The van der Waals surface area contributed by atoms with Gasteiger partial charge in [-0.25, -0.2) is 18.6 Å². The average molecular weight is 439 g/mol. The fourth-order valence-electron chi connectivity index (χ4n) is 2.10. The van der Waals surface area contributed by atoms with Gasteiger partial charge in [-0.15, -0.1) is 0 Å². The molecule has 0 saturated carbocycles. The molecule has 11 heteroatoms. The van der Waals surface area contributed by atoms with Gasteiger partial charge in [-0.2, -0.15) is 13.2 Å². The fraction of sp³-hybridized carbons (Fsp3) is 0.333. The molecule has 1 amide bonds. The van der Waals surface area contributed by atoms with Crippen molar-refractivity contribution in [3.63, 3.8) is 0 Å². The number of anilines is 1. The molecule has 5 nitrogen and oxygen atoms in total. The molecule has 1 N–H and O–H groups in total. The monoisotopic (exact) mass is 438 g/mol. The van der Waals surface area contributed by atoms with E-state index in [-0.39, 0.29) is 17.0 Å². The highest BCUT2D eigenvalue weighted by Gasteiger charge is 2.37. The largest absolute Gasteiger partial charge is 0.444 e. The summed E-state index contributed by atoms with van der Waals surface area (Å²) in [6.45, 7) is 5.89. The van der Waals surface area contributed by atoms with Gasteiger partial charge in [0.15, 0.2) is 17.3 Å². The van der Waals surface area contributed by atoms with Crippen LogP contribution in [0.15, 0.2) is 18.2 Å². The first-order chi connectivity index (χ1) is 13.2. The Morgan fingerprint density at radius 2 is 1.79 bits per heavy atom. The van der Waals surface area contributed by atoms with Crippen LogP contribution in [0.5, 0.6) is 11.6 Å². The van der Waals surface area contributed by atoms with Crippen LogP contribution in [-0.2, 0) is 10.9 Å².